The molecule has 1 aromatic carbocycles. The van der Waals surface area contributed by atoms with Gasteiger partial charge in [0.25, 0.3) is 0 Å². The first-order valence-electron chi connectivity index (χ1n) is 4.63. The first kappa shape index (κ1) is 9.00. The molecule has 0 saturated heterocycles. The van der Waals surface area contributed by atoms with Crippen molar-refractivity contribution < 1.29 is 9.53 Å². The predicted octanol–water partition coefficient (Wildman–Crippen LogP) is 2.54. The van der Waals surface area contributed by atoms with Crippen LogP contribution in [0.3, 0.4) is 0 Å². The van der Waals surface area contributed by atoms with Crippen molar-refractivity contribution in [3.05, 3.63) is 47.0 Å². The summed E-state index contributed by atoms with van der Waals surface area (Å²) in [6.07, 6.45) is 1.66. The van der Waals surface area contributed by atoms with Crippen molar-refractivity contribution in [2.75, 3.05) is 0 Å². The molecule has 1 aliphatic rings. The molecule has 1 aromatic rings. The summed E-state index contributed by atoms with van der Waals surface area (Å²) in [7, 11) is 0. The number of aryl methyl sites for hydroxylation is 1. The topological polar surface area (TPSA) is 26.3 Å². The molecule has 0 amide bonds. The van der Waals surface area contributed by atoms with Crippen LogP contribution < -0.4 is 0 Å². The molecule has 0 aromatic heterocycles. The van der Waals surface area contributed by atoms with Gasteiger partial charge in [-0.15, -0.1) is 0 Å². The number of carbonyl (C=O) groups is 1. The van der Waals surface area contributed by atoms with Crippen LogP contribution in [-0.4, -0.2) is 5.97 Å². The van der Waals surface area contributed by atoms with Gasteiger partial charge in [-0.05, 0) is 25.5 Å². The first-order valence-corrected chi connectivity index (χ1v) is 4.63. The van der Waals surface area contributed by atoms with Gasteiger partial charge in [0, 0.05) is 5.57 Å². The van der Waals surface area contributed by atoms with E-state index in [4.69, 9.17) is 4.74 Å². The fourth-order valence-corrected chi connectivity index (χ4v) is 1.46. The number of hydrogen-bond donors (Lipinski definition) is 0. The Morgan fingerprint density at radius 1 is 1.14 bits per heavy atom. The van der Waals surface area contributed by atoms with Gasteiger partial charge in [0.2, 0.25) is 0 Å². The summed E-state index contributed by atoms with van der Waals surface area (Å²) in [4.78, 5) is 11.1. The average Bonchev–Trinajstić information content (AvgIpc) is 2.48. The minimum atomic E-state index is -0.212. The maximum absolute atomic E-state index is 11.1. The van der Waals surface area contributed by atoms with Gasteiger partial charge in [-0.3, -0.25) is 0 Å². The Bertz CT molecular complexity index is 387. The van der Waals surface area contributed by atoms with Gasteiger partial charge < -0.3 is 4.74 Å². The monoisotopic (exact) mass is 188 g/mol. The molecule has 1 heterocycles. The predicted molar refractivity (Wildman–Crippen MR) is 53.8 cm³/mol. The van der Waals surface area contributed by atoms with Crippen molar-refractivity contribution in [2.24, 2.45) is 0 Å². The Labute approximate surface area is 83.2 Å². The Hall–Kier alpha value is -1.57. The van der Waals surface area contributed by atoms with Crippen molar-refractivity contribution in [3.63, 3.8) is 0 Å². The van der Waals surface area contributed by atoms with Crippen LogP contribution in [0.1, 0.15) is 24.2 Å². The maximum atomic E-state index is 11.1. The molecule has 14 heavy (non-hydrogen) atoms. The van der Waals surface area contributed by atoms with E-state index in [9.17, 15) is 4.79 Å². The second-order valence-corrected chi connectivity index (χ2v) is 3.59. The highest BCUT2D eigenvalue weighted by atomic mass is 16.5. The third kappa shape index (κ3) is 1.55. The molecule has 0 fully saturated rings. The number of cyclic esters (lactones) is 1. The zero-order chi connectivity index (χ0) is 10.1. The molecule has 0 bridgehead atoms. The minimum Gasteiger partial charge on any atom is -0.450 e. The number of esters is 1. The van der Waals surface area contributed by atoms with Crippen LogP contribution in [0.15, 0.2) is 35.9 Å². The van der Waals surface area contributed by atoms with E-state index in [2.05, 4.69) is 0 Å². The summed E-state index contributed by atoms with van der Waals surface area (Å²) in [5.74, 6) is -0.212. The molecule has 2 rings (SSSR count). The molecule has 1 atom stereocenters. The second-order valence-electron chi connectivity index (χ2n) is 3.59. The second kappa shape index (κ2) is 3.29. The van der Waals surface area contributed by atoms with Gasteiger partial charge in [0.1, 0.15) is 6.10 Å². The fourth-order valence-electron chi connectivity index (χ4n) is 1.46. The lowest BCUT2D eigenvalue weighted by atomic mass is 10.1. The summed E-state index contributed by atoms with van der Waals surface area (Å²) in [5.41, 5.74) is 2.93. The van der Waals surface area contributed by atoms with Crippen molar-refractivity contribution in [3.8, 4) is 0 Å². The Morgan fingerprint density at radius 2 is 1.79 bits per heavy atom. The molecule has 0 radical (unpaired) electrons. The Balaban J connectivity index is 2.26. The highest BCUT2D eigenvalue weighted by Gasteiger charge is 2.23. The summed E-state index contributed by atoms with van der Waals surface area (Å²) in [6, 6.07) is 8.01. The molecule has 0 N–H and O–H groups in total. The van der Waals surface area contributed by atoms with Crippen LogP contribution >= 0.6 is 0 Å². The molecule has 72 valence electrons. The molecule has 0 spiro atoms. The van der Waals surface area contributed by atoms with Crippen LogP contribution in [0, 0.1) is 6.92 Å². The van der Waals surface area contributed by atoms with Gasteiger partial charge in [0.05, 0.1) is 0 Å². The van der Waals surface area contributed by atoms with Crippen LogP contribution in [0.4, 0.5) is 0 Å². The van der Waals surface area contributed by atoms with E-state index < -0.39 is 0 Å². The third-order valence-electron chi connectivity index (χ3n) is 2.36. The zero-order valence-electron chi connectivity index (χ0n) is 8.28. The number of ether oxygens (including phenoxy) is 1. The molecular weight excluding hydrogens is 176 g/mol. The number of carbonyl (C=O) groups excluding carboxylic acids is 1. The van der Waals surface area contributed by atoms with E-state index in [0.29, 0.717) is 5.57 Å². The van der Waals surface area contributed by atoms with Crippen LogP contribution in [0.25, 0.3) is 0 Å². The molecule has 1 aliphatic heterocycles. The molecule has 0 saturated carbocycles. The van der Waals surface area contributed by atoms with E-state index in [1.807, 2.05) is 37.3 Å². The summed E-state index contributed by atoms with van der Waals surface area (Å²) < 4.78 is 5.17. The lowest BCUT2D eigenvalue weighted by Crippen LogP contribution is -2.00. The highest BCUT2D eigenvalue weighted by molar-refractivity contribution is 5.90. The van der Waals surface area contributed by atoms with E-state index in [1.54, 1.807) is 6.92 Å². The van der Waals surface area contributed by atoms with E-state index in [-0.39, 0.29) is 12.1 Å². The summed E-state index contributed by atoms with van der Waals surface area (Å²) >= 11 is 0. The van der Waals surface area contributed by atoms with E-state index >= 15 is 0 Å². The largest absolute Gasteiger partial charge is 0.450 e. The quantitative estimate of drug-likeness (QED) is 0.633. The molecule has 0 aliphatic carbocycles. The lowest BCUT2D eigenvalue weighted by Gasteiger charge is -2.08. The summed E-state index contributed by atoms with van der Waals surface area (Å²) in [5, 5.41) is 0. The fraction of sp³-hybridized carbons (Fsp3) is 0.250. The Kier molecular flexibility index (Phi) is 2.12. The van der Waals surface area contributed by atoms with Crippen molar-refractivity contribution in [1.82, 2.24) is 0 Å². The van der Waals surface area contributed by atoms with Crippen molar-refractivity contribution in [1.29, 1.82) is 0 Å². The lowest BCUT2D eigenvalue weighted by molar-refractivity contribution is -0.139. The first-order chi connectivity index (χ1) is 6.66. The number of rotatable bonds is 1. The normalized spacial score (nSPS) is 20.6. The van der Waals surface area contributed by atoms with Gasteiger partial charge in [0.15, 0.2) is 0 Å². The average molecular weight is 188 g/mol. The van der Waals surface area contributed by atoms with E-state index in [1.165, 1.54) is 5.56 Å². The highest BCUT2D eigenvalue weighted by Crippen LogP contribution is 2.27. The minimum absolute atomic E-state index is 0.192. The number of benzene rings is 1. The Morgan fingerprint density at radius 3 is 2.29 bits per heavy atom. The summed E-state index contributed by atoms with van der Waals surface area (Å²) in [6.45, 7) is 3.81. The maximum Gasteiger partial charge on any atom is 0.334 e. The standard InChI is InChI=1S/C12H12O2/c1-8-3-5-10(6-4-8)11-7-9(2)12(13)14-11/h3-7,11H,1-2H3. The van der Waals surface area contributed by atoms with Crippen LogP contribution in [0.5, 0.6) is 0 Å². The SMILES string of the molecule is CC1=CC(c2ccc(C)cc2)OC1=O. The van der Waals surface area contributed by atoms with Gasteiger partial charge >= 0.3 is 5.97 Å². The van der Waals surface area contributed by atoms with Crippen molar-refractivity contribution in [2.45, 2.75) is 20.0 Å². The van der Waals surface area contributed by atoms with Gasteiger partial charge in [-0.2, -0.15) is 0 Å². The van der Waals surface area contributed by atoms with E-state index in [0.717, 1.165) is 5.56 Å². The van der Waals surface area contributed by atoms with Gasteiger partial charge in [-0.1, -0.05) is 29.8 Å². The molecule has 1 unspecified atom stereocenters. The van der Waals surface area contributed by atoms with Crippen LogP contribution in [-0.2, 0) is 9.53 Å². The molecule has 2 heteroatoms. The molecule has 2 nitrogen and oxygen atoms in total. The third-order valence-corrected chi connectivity index (χ3v) is 2.36. The smallest absolute Gasteiger partial charge is 0.334 e. The number of hydrogen-bond acceptors (Lipinski definition) is 2. The van der Waals surface area contributed by atoms with Gasteiger partial charge in [-0.25, -0.2) is 4.79 Å². The molecular formula is C12H12O2. The van der Waals surface area contributed by atoms with Crippen molar-refractivity contribution >= 4 is 5.97 Å². The zero-order valence-corrected chi connectivity index (χ0v) is 8.28. The van der Waals surface area contributed by atoms with Crippen LogP contribution in [0.2, 0.25) is 0 Å².